The van der Waals surface area contributed by atoms with Crippen molar-refractivity contribution >= 4 is 0 Å². The van der Waals surface area contributed by atoms with E-state index in [1.54, 1.807) is 0 Å². The van der Waals surface area contributed by atoms with Crippen molar-refractivity contribution in [3.8, 4) is 0 Å². The maximum absolute atomic E-state index is 8.99. The fourth-order valence-electron chi connectivity index (χ4n) is 5.19. The fraction of sp³-hybridized carbons (Fsp3) is 0.867. The van der Waals surface area contributed by atoms with Gasteiger partial charge in [0.1, 0.15) is 0 Å². The molecular weight excluding hydrogens is 196 g/mol. The van der Waals surface area contributed by atoms with Gasteiger partial charge in [-0.15, -0.1) is 0 Å². The van der Waals surface area contributed by atoms with Gasteiger partial charge in [-0.1, -0.05) is 25.5 Å². The third kappa shape index (κ3) is 1.06. The van der Waals surface area contributed by atoms with Crippen LogP contribution in [0.15, 0.2) is 11.6 Å². The summed E-state index contributed by atoms with van der Waals surface area (Å²) in [6.45, 7) is 7.33. The predicted octanol–water partition coefficient (Wildman–Crippen LogP) is 3.39. The van der Waals surface area contributed by atoms with Crippen molar-refractivity contribution in [1.82, 2.24) is 0 Å². The van der Waals surface area contributed by atoms with Crippen molar-refractivity contribution in [2.45, 2.75) is 46.5 Å². The normalized spacial score (nSPS) is 53.5. The summed E-state index contributed by atoms with van der Waals surface area (Å²) in [5, 5.41) is 8.99. The van der Waals surface area contributed by atoms with E-state index >= 15 is 0 Å². The molecule has 4 aliphatic carbocycles. The Balaban J connectivity index is 1.68. The van der Waals surface area contributed by atoms with E-state index in [-0.39, 0.29) is 6.61 Å². The second-order valence-electron chi connectivity index (χ2n) is 6.83. The summed E-state index contributed by atoms with van der Waals surface area (Å²) in [6.07, 6.45) is 7.76. The lowest BCUT2D eigenvalue weighted by Gasteiger charge is -2.34. The highest BCUT2D eigenvalue weighted by Crippen LogP contribution is 2.87. The van der Waals surface area contributed by atoms with Crippen LogP contribution in [-0.4, -0.2) is 11.7 Å². The van der Waals surface area contributed by atoms with Gasteiger partial charge in [0.25, 0.3) is 0 Å². The molecule has 0 aromatic rings. The van der Waals surface area contributed by atoms with Crippen molar-refractivity contribution in [3.05, 3.63) is 11.6 Å². The summed E-state index contributed by atoms with van der Waals surface area (Å²) in [6, 6.07) is 0. The molecule has 0 aromatic heterocycles. The topological polar surface area (TPSA) is 20.2 Å². The molecule has 0 aliphatic heterocycles. The summed E-state index contributed by atoms with van der Waals surface area (Å²) in [5.41, 5.74) is 2.43. The zero-order valence-electron chi connectivity index (χ0n) is 10.8. The largest absolute Gasteiger partial charge is 0.392 e. The molecule has 0 unspecified atom stereocenters. The molecule has 0 aromatic carbocycles. The number of aliphatic hydroxyl groups excluding tert-OH is 1. The maximum atomic E-state index is 8.99. The predicted molar refractivity (Wildman–Crippen MR) is 66.0 cm³/mol. The van der Waals surface area contributed by atoms with Gasteiger partial charge < -0.3 is 5.11 Å². The molecule has 4 bridgehead atoms. The van der Waals surface area contributed by atoms with Crippen molar-refractivity contribution in [3.63, 3.8) is 0 Å². The van der Waals surface area contributed by atoms with Gasteiger partial charge in [0.05, 0.1) is 6.61 Å². The molecule has 3 atom stereocenters. The van der Waals surface area contributed by atoms with Crippen LogP contribution in [0.1, 0.15) is 46.5 Å². The highest BCUT2D eigenvalue weighted by molar-refractivity contribution is 5.29. The van der Waals surface area contributed by atoms with Gasteiger partial charge in [0.15, 0.2) is 0 Å². The van der Waals surface area contributed by atoms with Crippen LogP contribution in [0.5, 0.6) is 0 Å². The number of hydrogen-bond donors (Lipinski definition) is 1. The molecule has 1 nitrogen and oxygen atoms in total. The van der Waals surface area contributed by atoms with Crippen LogP contribution in [0.25, 0.3) is 0 Å². The molecule has 4 saturated carbocycles. The smallest absolute Gasteiger partial charge is 0.0639 e. The summed E-state index contributed by atoms with van der Waals surface area (Å²) in [5.74, 6) is 3.16. The van der Waals surface area contributed by atoms with Crippen LogP contribution in [0.4, 0.5) is 0 Å². The number of allylic oxidation sites excluding steroid dienone is 1. The van der Waals surface area contributed by atoms with Crippen molar-refractivity contribution in [2.24, 2.45) is 28.6 Å². The standard InChI is InChI=1S/C15H24O/c1-10(9-16)5-4-6-14(2)11-7-12-13(8-11)15(12,14)3/h5,11-13,16H,4,6-9H2,1-3H3/b10-5-/t11?,12-,13-,14-,15?/m1/s1. The SMILES string of the molecule is C/C(=C/CC[C@]1(C)C2C[C@@H]3[C@@H](C2)C31C)CO. The molecule has 0 spiro atoms. The van der Waals surface area contributed by atoms with Crippen LogP contribution < -0.4 is 0 Å². The van der Waals surface area contributed by atoms with Crippen LogP contribution in [-0.2, 0) is 0 Å². The van der Waals surface area contributed by atoms with Gasteiger partial charge in [-0.2, -0.15) is 0 Å². The van der Waals surface area contributed by atoms with Gasteiger partial charge in [0.2, 0.25) is 0 Å². The first-order valence-corrected chi connectivity index (χ1v) is 6.80. The highest BCUT2D eigenvalue weighted by atomic mass is 16.3. The van der Waals surface area contributed by atoms with E-state index in [1.165, 1.54) is 19.3 Å². The molecule has 16 heavy (non-hydrogen) atoms. The minimum Gasteiger partial charge on any atom is -0.392 e. The van der Waals surface area contributed by atoms with E-state index in [9.17, 15) is 0 Å². The monoisotopic (exact) mass is 220 g/mol. The maximum Gasteiger partial charge on any atom is 0.0639 e. The Labute approximate surface area is 98.9 Å². The Kier molecular flexibility index (Phi) is 2.12. The Morgan fingerprint density at radius 1 is 1.31 bits per heavy atom. The lowest BCUT2D eigenvalue weighted by molar-refractivity contribution is 0.154. The van der Waals surface area contributed by atoms with Gasteiger partial charge in [-0.05, 0) is 61.2 Å². The minimum absolute atomic E-state index is 0.225. The number of aliphatic hydroxyl groups is 1. The van der Waals surface area contributed by atoms with Crippen molar-refractivity contribution in [1.29, 1.82) is 0 Å². The first-order valence-electron chi connectivity index (χ1n) is 6.80. The van der Waals surface area contributed by atoms with Crippen LogP contribution in [0.3, 0.4) is 0 Å². The van der Waals surface area contributed by atoms with Gasteiger partial charge in [-0.25, -0.2) is 0 Å². The molecule has 4 rings (SSSR count). The third-order valence-electron chi connectivity index (χ3n) is 6.53. The van der Waals surface area contributed by atoms with E-state index in [0.29, 0.717) is 10.8 Å². The lowest BCUT2D eigenvalue weighted by atomic mass is 9.71. The molecule has 1 heteroatoms. The quantitative estimate of drug-likeness (QED) is 0.720. The summed E-state index contributed by atoms with van der Waals surface area (Å²) >= 11 is 0. The van der Waals surface area contributed by atoms with Crippen molar-refractivity contribution < 1.29 is 5.11 Å². The molecule has 4 fully saturated rings. The Bertz CT molecular complexity index is 331. The molecular formula is C15H24O. The second-order valence-corrected chi connectivity index (χ2v) is 6.83. The number of hydrogen-bond acceptors (Lipinski definition) is 1. The Hall–Kier alpha value is -0.300. The lowest BCUT2D eigenvalue weighted by Crippen LogP contribution is -2.26. The minimum atomic E-state index is 0.225. The summed E-state index contributed by atoms with van der Waals surface area (Å²) in [4.78, 5) is 0. The van der Waals surface area contributed by atoms with Gasteiger partial charge in [0, 0.05) is 0 Å². The molecule has 90 valence electrons. The number of rotatable bonds is 4. The summed E-state index contributed by atoms with van der Waals surface area (Å²) in [7, 11) is 0. The zero-order valence-corrected chi connectivity index (χ0v) is 10.8. The fourth-order valence-corrected chi connectivity index (χ4v) is 5.19. The van der Waals surface area contributed by atoms with E-state index in [4.69, 9.17) is 5.11 Å². The van der Waals surface area contributed by atoms with E-state index in [2.05, 4.69) is 19.9 Å². The van der Waals surface area contributed by atoms with Crippen LogP contribution in [0, 0.1) is 28.6 Å². The first-order chi connectivity index (χ1) is 7.54. The summed E-state index contributed by atoms with van der Waals surface area (Å²) < 4.78 is 0. The van der Waals surface area contributed by atoms with Gasteiger partial charge in [-0.3, -0.25) is 0 Å². The second kappa shape index (κ2) is 3.13. The zero-order chi connectivity index (χ0) is 11.6. The Morgan fingerprint density at radius 2 is 1.94 bits per heavy atom. The molecule has 0 amide bonds. The van der Waals surface area contributed by atoms with E-state index < -0.39 is 0 Å². The van der Waals surface area contributed by atoms with Crippen molar-refractivity contribution in [2.75, 3.05) is 6.61 Å². The molecule has 4 aliphatic rings. The van der Waals surface area contributed by atoms with Crippen LogP contribution in [0.2, 0.25) is 0 Å². The van der Waals surface area contributed by atoms with E-state index in [1.807, 2.05) is 6.92 Å². The molecule has 1 N–H and O–H groups in total. The highest BCUT2D eigenvalue weighted by Gasteiger charge is 2.80. The average Bonchev–Trinajstić information content (AvgIpc) is 2.62. The Morgan fingerprint density at radius 3 is 2.38 bits per heavy atom. The average molecular weight is 220 g/mol. The molecule has 0 radical (unpaired) electrons. The third-order valence-corrected chi connectivity index (χ3v) is 6.53. The van der Waals surface area contributed by atoms with Crippen LogP contribution >= 0.6 is 0 Å². The molecule has 0 heterocycles. The van der Waals surface area contributed by atoms with Gasteiger partial charge >= 0.3 is 0 Å². The first kappa shape index (κ1) is 10.8. The van der Waals surface area contributed by atoms with E-state index in [0.717, 1.165) is 29.7 Å². The molecule has 0 saturated heterocycles.